The highest BCUT2D eigenvalue weighted by Gasteiger charge is 2.27. The lowest BCUT2D eigenvalue weighted by molar-refractivity contribution is -0.136. The van der Waals surface area contributed by atoms with Crippen molar-refractivity contribution in [2.45, 2.75) is 38.6 Å². The second kappa shape index (κ2) is 9.52. The molecule has 0 spiro atoms. The number of nitrogens with zero attached hydrogens (tertiary/aromatic N) is 2. The van der Waals surface area contributed by atoms with Gasteiger partial charge in [-0.05, 0) is 73.7 Å². The van der Waals surface area contributed by atoms with Crippen molar-refractivity contribution >= 4 is 23.2 Å². The van der Waals surface area contributed by atoms with Gasteiger partial charge < -0.3 is 15.5 Å². The highest BCUT2D eigenvalue weighted by atomic mass is 16.2. The first-order chi connectivity index (χ1) is 15.0. The molecule has 6 nitrogen and oxygen atoms in total. The zero-order chi connectivity index (χ0) is 21.8. The van der Waals surface area contributed by atoms with Crippen LogP contribution in [0, 0.1) is 0 Å². The van der Waals surface area contributed by atoms with Crippen LogP contribution in [0.2, 0.25) is 0 Å². The van der Waals surface area contributed by atoms with Crippen molar-refractivity contribution in [3.63, 3.8) is 0 Å². The average molecular weight is 421 g/mol. The molecule has 1 atom stereocenters. The van der Waals surface area contributed by atoms with E-state index in [1.807, 2.05) is 24.3 Å². The van der Waals surface area contributed by atoms with Gasteiger partial charge in [0.15, 0.2) is 0 Å². The molecule has 2 aromatic rings. The third-order valence-corrected chi connectivity index (χ3v) is 6.48. The third-order valence-electron chi connectivity index (χ3n) is 6.48. The first-order valence-electron chi connectivity index (χ1n) is 11.3. The fourth-order valence-corrected chi connectivity index (χ4v) is 4.59. The number of rotatable bonds is 6. The van der Waals surface area contributed by atoms with E-state index >= 15 is 0 Å². The minimum Gasteiger partial charge on any atom is -0.374 e. The summed E-state index contributed by atoms with van der Waals surface area (Å²) in [7, 11) is 2.12. The van der Waals surface area contributed by atoms with Gasteiger partial charge in [0.05, 0.1) is 6.04 Å². The standard InChI is InChI=1S/C25H32N4O2/c1-3-18-6-9-21(10-7-18)27-25(31)24(30)26-17-23(29-13-4-5-14-29)19-8-11-22-20(16-19)12-15-28(22)2/h6-11,16,23H,3-5,12-15,17H2,1-2H3,(H,26,30)(H,27,31). The normalized spacial score (nSPS) is 16.8. The SMILES string of the molecule is CCc1ccc(NC(=O)C(=O)NCC(c2ccc3c(c2)CCN3C)N2CCCC2)cc1. The average Bonchev–Trinajstić information content (AvgIpc) is 3.44. The molecule has 0 radical (unpaired) electrons. The van der Waals surface area contributed by atoms with Crippen molar-refractivity contribution in [3.05, 3.63) is 59.2 Å². The Morgan fingerprint density at radius 2 is 1.74 bits per heavy atom. The molecule has 0 aliphatic carbocycles. The van der Waals surface area contributed by atoms with Gasteiger partial charge in [-0.15, -0.1) is 0 Å². The number of hydrogen-bond acceptors (Lipinski definition) is 4. The molecule has 1 unspecified atom stereocenters. The summed E-state index contributed by atoms with van der Waals surface area (Å²) in [5.41, 5.74) is 5.70. The van der Waals surface area contributed by atoms with E-state index in [4.69, 9.17) is 0 Å². The summed E-state index contributed by atoms with van der Waals surface area (Å²) >= 11 is 0. The molecule has 31 heavy (non-hydrogen) atoms. The van der Waals surface area contributed by atoms with Gasteiger partial charge in [0, 0.05) is 31.5 Å². The number of fused-ring (bicyclic) bond motifs is 1. The number of anilines is 2. The molecule has 164 valence electrons. The van der Waals surface area contributed by atoms with E-state index in [-0.39, 0.29) is 6.04 Å². The van der Waals surface area contributed by atoms with Gasteiger partial charge in [-0.2, -0.15) is 0 Å². The Bertz CT molecular complexity index is 935. The Labute approximate surface area is 184 Å². The quantitative estimate of drug-likeness (QED) is 0.705. The van der Waals surface area contributed by atoms with Crippen LogP contribution in [-0.4, -0.2) is 49.9 Å². The second-order valence-corrected chi connectivity index (χ2v) is 8.53. The molecule has 1 saturated heterocycles. The summed E-state index contributed by atoms with van der Waals surface area (Å²) in [4.78, 5) is 29.6. The van der Waals surface area contributed by atoms with Crippen LogP contribution in [0.1, 0.15) is 42.5 Å². The van der Waals surface area contributed by atoms with E-state index in [1.165, 1.54) is 35.2 Å². The molecule has 0 aromatic heterocycles. The molecule has 2 heterocycles. The van der Waals surface area contributed by atoms with E-state index < -0.39 is 11.8 Å². The van der Waals surface area contributed by atoms with Gasteiger partial charge in [-0.1, -0.05) is 31.2 Å². The number of amides is 2. The van der Waals surface area contributed by atoms with Crippen LogP contribution in [-0.2, 0) is 22.4 Å². The zero-order valence-electron chi connectivity index (χ0n) is 18.5. The van der Waals surface area contributed by atoms with Gasteiger partial charge in [-0.25, -0.2) is 0 Å². The molecule has 4 rings (SSSR count). The number of carbonyl (C=O) groups is 2. The van der Waals surface area contributed by atoms with Crippen LogP contribution in [0.5, 0.6) is 0 Å². The second-order valence-electron chi connectivity index (χ2n) is 8.53. The molecule has 1 fully saturated rings. The topological polar surface area (TPSA) is 64.7 Å². The molecular formula is C25H32N4O2. The molecule has 6 heteroatoms. The largest absolute Gasteiger partial charge is 0.374 e. The van der Waals surface area contributed by atoms with Crippen molar-refractivity contribution in [2.75, 3.05) is 43.4 Å². The van der Waals surface area contributed by atoms with E-state index in [0.717, 1.165) is 32.5 Å². The maximum Gasteiger partial charge on any atom is 0.313 e. The lowest BCUT2D eigenvalue weighted by atomic mass is 10.0. The summed E-state index contributed by atoms with van der Waals surface area (Å²) in [6.45, 7) is 5.59. The van der Waals surface area contributed by atoms with E-state index in [2.05, 4.69) is 52.6 Å². The molecule has 0 bridgehead atoms. The minimum atomic E-state index is -0.625. The van der Waals surface area contributed by atoms with Crippen LogP contribution in [0.25, 0.3) is 0 Å². The number of likely N-dealkylation sites (N-methyl/N-ethyl adjacent to an activating group) is 1. The Kier molecular flexibility index (Phi) is 6.56. The van der Waals surface area contributed by atoms with E-state index in [1.54, 1.807) is 0 Å². The fourth-order valence-electron chi connectivity index (χ4n) is 4.59. The number of hydrogen-bond donors (Lipinski definition) is 2. The highest BCUT2D eigenvalue weighted by Crippen LogP contribution is 2.32. The Balaban J connectivity index is 1.41. The lowest BCUT2D eigenvalue weighted by Crippen LogP contribution is -2.41. The van der Waals surface area contributed by atoms with Crippen molar-refractivity contribution in [2.24, 2.45) is 0 Å². The molecule has 2 amide bonds. The summed E-state index contributed by atoms with van der Waals surface area (Å²) < 4.78 is 0. The van der Waals surface area contributed by atoms with E-state index in [9.17, 15) is 9.59 Å². The molecule has 2 aliphatic heterocycles. The summed E-state index contributed by atoms with van der Waals surface area (Å²) in [6, 6.07) is 14.3. The van der Waals surface area contributed by atoms with Crippen LogP contribution >= 0.6 is 0 Å². The number of carbonyl (C=O) groups excluding carboxylic acids is 2. The summed E-state index contributed by atoms with van der Waals surface area (Å²) in [5.74, 6) is -1.22. The smallest absolute Gasteiger partial charge is 0.313 e. The predicted molar refractivity (Wildman–Crippen MR) is 124 cm³/mol. The predicted octanol–water partition coefficient (Wildman–Crippen LogP) is 3.13. The van der Waals surface area contributed by atoms with E-state index in [0.29, 0.717) is 12.2 Å². The summed E-state index contributed by atoms with van der Waals surface area (Å²) in [5, 5.41) is 5.57. The Morgan fingerprint density at radius 1 is 1.00 bits per heavy atom. The maximum absolute atomic E-state index is 12.5. The van der Waals surface area contributed by atoms with Crippen LogP contribution in [0.4, 0.5) is 11.4 Å². The van der Waals surface area contributed by atoms with Crippen molar-refractivity contribution < 1.29 is 9.59 Å². The third kappa shape index (κ3) is 4.90. The highest BCUT2D eigenvalue weighted by molar-refractivity contribution is 6.39. The van der Waals surface area contributed by atoms with Crippen LogP contribution in [0.3, 0.4) is 0 Å². The number of benzene rings is 2. The monoisotopic (exact) mass is 420 g/mol. The number of aryl methyl sites for hydroxylation is 1. The van der Waals surface area contributed by atoms with Crippen molar-refractivity contribution in [1.82, 2.24) is 10.2 Å². The molecular weight excluding hydrogens is 388 g/mol. The van der Waals surface area contributed by atoms with Crippen LogP contribution < -0.4 is 15.5 Å². The number of likely N-dealkylation sites (tertiary alicyclic amines) is 1. The molecule has 2 aliphatic rings. The first-order valence-corrected chi connectivity index (χ1v) is 11.3. The van der Waals surface area contributed by atoms with Gasteiger partial charge >= 0.3 is 11.8 Å². The van der Waals surface area contributed by atoms with Crippen molar-refractivity contribution in [3.8, 4) is 0 Å². The van der Waals surface area contributed by atoms with Crippen molar-refractivity contribution in [1.29, 1.82) is 0 Å². The van der Waals surface area contributed by atoms with Gasteiger partial charge in [0.2, 0.25) is 0 Å². The summed E-state index contributed by atoms with van der Waals surface area (Å²) in [6.07, 6.45) is 4.34. The molecule has 2 N–H and O–H groups in total. The molecule has 2 aromatic carbocycles. The van der Waals surface area contributed by atoms with Gasteiger partial charge in [0.25, 0.3) is 0 Å². The lowest BCUT2D eigenvalue weighted by Gasteiger charge is -2.28. The minimum absolute atomic E-state index is 0.0827. The zero-order valence-corrected chi connectivity index (χ0v) is 18.5. The van der Waals surface area contributed by atoms with Crippen LogP contribution in [0.15, 0.2) is 42.5 Å². The maximum atomic E-state index is 12.5. The van der Waals surface area contributed by atoms with Gasteiger partial charge in [-0.3, -0.25) is 14.5 Å². The Hall–Kier alpha value is -2.86. The Morgan fingerprint density at radius 3 is 2.45 bits per heavy atom. The van der Waals surface area contributed by atoms with Gasteiger partial charge in [0.1, 0.15) is 0 Å². The first kappa shape index (κ1) is 21.4. The fraction of sp³-hybridized carbons (Fsp3) is 0.440. The number of nitrogens with one attached hydrogen (secondary N) is 2. The molecule has 0 saturated carbocycles.